The molecule has 1 aromatic heterocycles. The lowest BCUT2D eigenvalue weighted by atomic mass is 9.80. The first-order chi connectivity index (χ1) is 21.2. The Balaban J connectivity index is 1.33. The SMILES string of the molecule is COc1ccc(-n2nc(Sc3ccc(Cl)cc3)cc(CC[C@@H](C)NC(=O)[C@H]3CCNC[C@@H]3c3ccc(Cl)cc3Cl)c2=O)cc1. The summed E-state index contributed by atoms with van der Waals surface area (Å²) in [6, 6.07) is 21.8. The fraction of sp³-hybridized carbons (Fsp3) is 0.303. The van der Waals surface area contributed by atoms with Gasteiger partial charge < -0.3 is 15.4 Å². The maximum atomic E-state index is 13.6. The van der Waals surface area contributed by atoms with Crippen LogP contribution in [0.5, 0.6) is 5.75 Å². The van der Waals surface area contributed by atoms with Gasteiger partial charge in [0.25, 0.3) is 5.56 Å². The number of benzene rings is 3. The zero-order chi connectivity index (χ0) is 31.2. The third kappa shape index (κ3) is 7.98. The van der Waals surface area contributed by atoms with E-state index < -0.39 is 0 Å². The Morgan fingerprint density at radius 1 is 1.07 bits per heavy atom. The lowest BCUT2D eigenvalue weighted by Gasteiger charge is -2.33. The number of methoxy groups -OCH3 is 1. The largest absolute Gasteiger partial charge is 0.497 e. The van der Waals surface area contributed by atoms with Crippen LogP contribution >= 0.6 is 46.6 Å². The molecule has 1 aliphatic rings. The van der Waals surface area contributed by atoms with Crippen molar-refractivity contribution in [2.45, 2.75) is 48.1 Å². The third-order valence-corrected chi connectivity index (χ3v) is 9.46. The van der Waals surface area contributed by atoms with Crippen LogP contribution in [0.1, 0.15) is 36.8 Å². The van der Waals surface area contributed by atoms with E-state index in [2.05, 4.69) is 15.7 Å². The summed E-state index contributed by atoms with van der Waals surface area (Å²) in [6.07, 6.45) is 1.74. The second kappa shape index (κ2) is 14.8. The molecule has 3 atom stereocenters. The highest BCUT2D eigenvalue weighted by Gasteiger charge is 2.33. The number of halogens is 3. The summed E-state index contributed by atoms with van der Waals surface area (Å²) >= 11 is 20.2. The average molecular weight is 672 g/mol. The highest BCUT2D eigenvalue weighted by Crippen LogP contribution is 2.35. The minimum Gasteiger partial charge on any atom is -0.497 e. The Labute approximate surface area is 276 Å². The van der Waals surface area contributed by atoms with Gasteiger partial charge in [-0.15, -0.1) is 0 Å². The number of rotatable bonds is 10. The van der Waals surface area contributed by atoms with E-state index in [0.717, 1.165) is 17.0 Å². The normalized spacial score (nSPS) is 17.2. The van der Waals surface area contributed by atoms with Gasteiger partial charge in [-0.1, -0.05) is 52.6 Å². The van der Waals surface area contributed by atoms with Crippen molar-refractivity contribution in [3.63, 3.8) is 0 Å². The second-order valence-corrected chi connectivity index (χ2v) is 13.2. The molecule has 0 saturated carbocycles. The van der Waals surface area contributed by atoms with Crippen molar-refractivity contribution in [2.75, 3.05) is 20.2 Å². The lowest BCUT2D eigenvalue weighted by Crippen LogP contribution is -2.45. The van der Waals surface area contributed by atoms with E-state index in [9.17, 15) is 9.59 Å². The molecule has 44 heavy (non-hydrogen) atoms. The van der Waals surface area contributed by atoms with Crippen LogP contribution in [0.2, 0.25) is 15.1 Å². The highest BCUT2D eigenvalue weighted by atomic mass is 35.5. The molecule has 0 spiro atoms. The molecule has 5 rings (SSSR count). The van der Waals surface area contributed by atoms with Crippen molar-refractivity contribution in [3.05, 3.63) is 109 Å². The maximum absolute atomic E-state index is 13.6. The number of nitrogens with one attached hydrogen (secondary N) is 2. The van der Waals surface area contributed by atoms with Gasteiger partial charge >= 0.3 is 0 Å². The molecular weight excluding hydrogens is 639 g/mol. The van der Waals surface area contributed by atoms with Crippen molar-refractivity contribution >= 4 is 52.5 Å². The Kier molecular flexibility index (Phi) is 10.9. The first-order valence-electron chi connectivity index (χ1n) is 14.4. The Hall–Kier alpha value is -3.01. The predicted molar refractivity (Wildman–Crippen MR) is 178 cm³/mol. The average Bonchev–Trinajstić information content (AvgIpc) is 3.02. The van der Waals surface area contributed by atoms with Crippen molar-refractivity contribution in [1.82, 2.24) is 20.4 Å². The second-order valence-electron chi connectivity index (χ2n) is 10.8. The van der Waals surface area contributed by atoms with Gasteiger partial charge in [-0.25, -0.2) is 0 Å². The molecule has 7 nitrogen and oxygen atoms in total. The number of hydrogen-bond donors (Lipinski definition) is 2. The molecule has 2 N–H and O–H groups in total. The van der Waals surface area contributed by atoms with Gasteiger partial charge in [-0.05, 0) is 105 Å². The van der Waals surface area contributed by atoms with E-state index in [1.165, 1.54) is 16.4 Å². The van der Waals surface area contributed by atoms with E-state index in [1.54, 1.807) is 37.4 Å². The molecule has 0 radical (unpaired) electrons. The number of aromatic nitrogens is 2. The summed E-state index contributed by atoms with van der Waals surface area (Å²) in [5.74, 6) is 0.380. The van der Waals surface area contributed by atoms with Gasteiger partial charge in [-0.3, -0.25) is 9.59 Å². The molecule has 1 amide bonds. The number of nitrogens with zero attached hydrogens (tertiary/aromatic N) is 2. The molecule has 230 valence electrons. The van der Waals surface area contributed by atoms with E-state index in [1.807, 2.05) is 49.4 Å². The highest BCUT2D eigenvalue weighted by molar-refractivity contribution is 7.99. The minimum atomic E-state index is -0.229. The van der Waals surface area contributed by atoms with Gasteiger partial charge in [0.05, 0.1) is 12.8 Å². The van der Waals surface area contributed by atoms with Crippen LogP contribution in [-0.2, 0) is 11.2 Å². The zero-order valence-corrected chi connectivity index (χ0v) is 27.4. The van der Waals surface area contributed by atoms with Crippen LogP contribution in [-0.4, -0.2) is 41.9 Å². The Bertz CT molecular complexity index is 1660. The summed E-state index contributed by atoms with van der Waals surface area (Å²) < 4.78 is 6.70. The van der Waals surface area contributed by atoms with Gasteiger partial charge in [0.15, 0.2) is 0 Å². The standard InChI is InChI=1S/C33H33Cl3N4O3S/c1-20(38-32(41)28-15-16-37-19-29(28)27-14-7-23(35)18-30(27)36)3-4-21-17-31(44-26-12-5-22(34)6-13-26)39-40(33(21)42)24-8-10-25(43-2)11-9-24/h5-14,17-18,20,28-29,37H,3-4,15-16,19H2,1-2H3,(H,38,41)/t20-,28+,29-/m1/s1. The van der Waals surface area contributed by atoms with Crippen LogP contribution in [0.25, 0.3) is 5.69 Å². The zero-order valence-electron chi connectivity index (χ0n) is 24.4. The van der Waals surface area contributed by atoms with Crippen LogP contribution in [0.3, 0.4) is 0 Å². The summed E-state index contributed by atoms with van der Waals surface area (Å²) in [5, 5.41) is 13.7. The van der Waals surface area contributed by atoms with Crippen molar-refractivity contribution in [2.24, 2.45) is 5.92 Å². The molecule has 0 bridgehead atoms. The van der Waals surface area contributed by atoms with Crippen LogP contribution in [0.15, 0.2) is 87.5 Å². The maximum Gasteiger partial charge on any atom is 0.274 e. The third-order valence-electron chi connectivity index (χ3n) is 7.73. The summed E-state index contributed by atoms with van der Waals surface area (Å²) in [6.45, 7) is 3.38. The Morgan fingerprint density at radius 2 is 1.80 bits per heavy atom. The number of aryl methyl sites for hydroxylation is 1. The van der Waals surface area contributed by atoms with E-state index >= 15 is 0 Å². The smallest absolute Gasteiger partial charge is 0.274 e. The van der Waals surface area contributed by atoms with Crippen LogP contribution in [0.4, 0.5) is 0 Å². The lowest BCUT2D eigenvalue weighted by molar-refractivity contribution is -0.127. The van der Waals surface area contributed by atoms with Crippen molar-refractivity contribution in [1.29, 1.82) is 0 Å². The minimum absolute atomic E-state index is 0.0145. The van der Waals surface area contributed by atoms with Gasteiger partial charge in [0.1, 0.15) is 10.8 Å². The number of carbonyl (C=O) groups excluding carboxylic acids is 1. The molecule has 3 aromatic carbocycles. The molecule has 2 heterocycles. The summed E-state index contributed by atoms with van der Waals surface area (Å²) in [4.78, 5) is 28.1. The first-order valence-corrected chi connectivity index (χ1v) is 16.3. The van der Waals surface area contributed by atoms with Crippen molar-refractivity contribution in [3.8, 4) is 11.4 Å². The molecule has 1 aliphatic heterocycles. The molecule has 0 unspecified atom stereocenters. The van der Waals surface area contributed by atoms with E-state index in [0.29, 0.717) is 62.9 Å². The van der Waals surface area contributed by atoms with Crippen molar-refractivity contribution < 1.29 is 9.53 Å². The van der Waals surface area contributed by atoms with E-state index in [-0.39, 0.29) is 29.3 Å². The number of carbonyl (C=O) groups is 1. The number of ether oxygens (including phenoxy) is 1. The molecule has 4 aromatic rings. The van der Waals surface area contributed by atoms with Gasteiger partial charge in [-0.2, -0.15) is 9.78 Å². The fourth-order valence-electron chi connectivity index (χ4n) is 5.37. The number of amides is 1. The predicted octanol–water partition coefficient (Wildman–Crippen LogP) is 7.18. The number of hydrogen-bond acceptors (Lipinski definition) is 6. The number of piperidine rings is 1. The first kappa shape index (κ1) is 32.4. The molecule has 11 heteroatoms. The van der Waals surface area contributed by atoms with Gasteiger partial charge in [0.2, 0.25) is 5.91 Å². The van der Waals surface area contributed by atoms with Crippen LogP contribution in [0, 0.1) is 5.92 Å². The monoisotopic (exact) mass is 670 g/mol. The summed E-state index contributed by atoms with van der Waals surface area (Å²) in [5.41, 5.74) is 1.96. The quantitative estimate of drug-likeness (QED) is 0.186. The summed E-state index contributed by atoms with van der Waals surface area (Å²) in [7, 11) is 1.60. The topological polar surface area (TPSA) is 85.2 Å². The molecule has 1 fully saturated rings. The fourth-order valence-corrected chi connectivity index (χ4v) is 6.88. The van der Waals surface area contributed by atoms with Gasteiger partial charge in [0, 0.05) is 49.9 Å². The van der Waals surface area contributed by atoms with E-state index in [4.69, 9.17) is 39.5 Å². The Morgan fingerprint density at radius 3 is 2.50 bits per heavy atom. The van der Waals surface area contributed by atoms with Crippen LogP contribution < -0.4 is 20.9 Å². The molecule has 1 saturated heterocycles. The molecule has 0 aliphatic carbocycles. The molecular formula is C33H33Cl3N4O3S.